The summed E-state index contributed by atoms with van der Waals surface area (Å²) in [4.78, 5) is 23.2. The predicted molar refractivity (Wildman–Crippen MR) is 72.2 cm³/mol. The average molecular weight is 282 g/mol. The molecule has 0 bridgehead atoms. The molecule has 1 aliphatic carbocycles. The molecule has 102 valence electrons. The van der Waals surface area contributed by atoms with E-state index in [0.29, 0.717) is 5.02 Å². The minimum absolute atomic E-state index is 0.226. The number of nitrogens with one attached hydrogen (secondary N) is 1. The standard InChI is InChI=1S/C14H16ClNO3/c1-9(12(17)18)16-13(19)14(6-3-7-14)10-4-2-5-11(15)8-10/h2,4-5,8-9H,3,6-7H2,1H3,(H,16,19)(H,17,18)/t9-/m0/s1. The molecule has 1 amide bonds. The highest BCUT2D eigenvalue weighted by Gasteiger charge is 2.46. The quantitative estimate of drug-likeness (QED) is 0.890. The zero-order valence-electron chi connectivity index (χ0n) is 10.6. The van der Waals surface area contributed by atoms with Gasteiger partial charge >= 0.3 is 5.97 Å². The third kappa shape index (κ3) is 2.59. The molecular formula is C14H16ClNO3. The predicted octanol–water partition coefficient (Wildman–Crippen LogP) is 2.35. The molecule has 5 heteroatoms. The van der Waals surface area contributed by atoms with E-state index in [1.165, 1.54) is 6.92 Å². The Kier molecular flexibility index (Phi) is 3.80. The molecule has 0 saturated heterocycles. The van der Waals surface area contributed by atoms with Crippen LogP contribution >= 0.6 is 11.6 Å². The van der Waals surface area contributed by atoms with Crippen LogP contribution in [0.1, 0.15) is 31.7 Å². The second kappa shape index (κ2) is 5.21. The van der Waals surface area contributed by atoms with E-state index in [-0.39, 0.29) is 5.91 Å². The van der Waals surface area contributed by atoms with Gasteiger partial charge in [-0.2, -0.15) is 0 Å². The molecule has 0 aliphatic heterocycles. The summed E-state index contributed by atoms with van der Waals surface area (Å²) in [5.41, 5.74) is 0.246. The summed E-state index contributed by atoms with van der Waals surface area (Å²) in [6.07, 6.45) is 2.42. The van der Waals surface area contributed by atoms with Gasteiger partial charge in [-0.1, -0.05) is 30.2 Å². The zero-order valence-corrected chi connectivity index (χ0v) is 11.4. The lowest BCUT2D eigenvalue weighted by Gasteiger charge is -2.41. The van der Waals surface area contributed by atoms with Crippen LogP contribution in [0.4, 0.5) is 0 Å². The second-order valence-electron chi connectivity index (χ2n) is 4.98. The minimum Gasteiger partial charge on any atom is -0.480 e. The van der Waals surface area contributed by atoms with Gasteiger partial charge in [-0.25, -0.2) is 0 Å². The molecule has 0 spiro atoms. The Labute approximate surface area is 116 Å². The molecule has 1 aromatic rings. The Morgan fingerprint density at radius 3 is 2.58 bits per heavy atom. The van der Waals surface area contributed by atoms with Crippen LogP contribution in [0.3, 0.4) is 0 Å². The highest BCUT2D eigenvalue weighted by molar-refractivity contribution is 6.30. The number of benzene rings is 1. The number of carbonyl (C=O) groups is 2. The summed E-state index contributed by atoms with van der Waals surface area (Å²) in [6.45, 7) is 1.46. The summed E-state index contributed by atoms with van der Waals surface area (Å²) in [5.74, 6) is -1.26. The highest BCUT2D eigenvalue weighted by Crippen LogP contribution is 2.44. The molecule has 0 unspecified atom stereocenters. The molecule has 1 aromatic carbocycles. The zero-order chi connectivity index (χ0) is 14.0. The third-order valence-corrected chi connectivity index (χ3v) is 3.97. The van der Waals surface area contributed by atoms with Gasteiger partial charge in [-0.15, -0.1) is 0 Å². The lowest BCUT2D eigenvalue weighted by atomic mass is 9.63. The smallest absolute Gasteiger partial charge is 0.325 e. The Balaban J connectivity index is 2.23. The average Bonchev–Trinajstić information content (AvgIpc) is 2.27. The van der Waals surface area contributed by atoms with E-state index in [1.54, 1.807) is 12.1 Å². The lowest BCUT2D eigenvalue weighted by Crippen LogP contribution is -2.53. The molecule has 1 fully saturated rings. The van der Waals surface area contributed by atoms with Crippen LogP contribution in [0.25, 0.3) is 0 Å². The van der Waals surface area contributed by atoms with E-state index in [9.17, 15) is 9.59 Å². The normalized spacial score (nSPS) is 18.2. The minimum atomic E-state index is -1.03. The van der Waals surface area contributed by atoms with Gasteiger partial charge < -0.3 is 10.4 Å². The maximum absolute atomic E-state index is 12.4. The van der Waals surface area contributed by atoms with Crippen LogP contribution in [-0.2, 0) is 15.0 Å². The first-order chi connectivity index (χ1) is 8.95. The van der Waals surface area contributed by atoms with Crippen LogP contribution in [0, 0.1) is 0 Å². The van der Waals surface area contributed by atoms with Crippen molar-refractivity contribution in [2.75, 3.05) is 0 Å². The Morgan fingerprint density at radius 1 is 1.42 bits per heavy atom. The van der Waals surface area contributed by atoms with Crippen LogP contribution < -0.4 is 5.32 Å². The third-order valence-electron chi connectivity index (χ3n) is 3.74. The number of aliphatic carboxylic acids is 1. The molecule has 19 heavy (non-hydrogen) atoms. The summed E-state index contributed by atoms with van der Waals surface area (Å²) >= 11 is 5.97. The van der Waals surface area contributed by atoms with Gasteiger partial charge in [-0.3, -0.25) is 9.59 Å². The molecule has 0 radical (unpaired) electrons. The fraction of sp³-hybridized carbons (Fsp3) is 0.429. The number of hydrogen-bond acceptors (Lipinski definition) is 2. The van der Waals surface area contributed by atoms with Crippen molar-refractivity contribution in [1.29, 1.82) is 0 Å². The molecule has 0 aromatic heterocycles. The van der Waals surface area contributed by atoms with Gasteiger partial charge in [0.15, 0.2) is 0 Å². The molecule has 1 saturated carbocycles. The monoisotopic (exact) mass is 281 g/mol. The van der Waals surface area contributed by atoms with Gasteiger partial charge in [0.05, 0.1) is 5.41 Å². The molecule has 1 aliphatic rings. The van der Waals surface area contributed by atoms with Crippen molar-refractivity contribution < 1.29 is 14.7 Å². The number of rotatable bonds is 4. The Morgan fingerprint density at radius 2 is 2.11 bits per heavy atom. The van der Waals surface area contributed by atoms with Crippen molar-refractivity contribution in [2.45, 2.75) is 37.6 Å². The second-order valence-corrected chi connectivity index (χ2v) is 5.42. The van der Waals surface area contributed by atoms with E-state index < -0.39 is 17.4 Å². The Hall–Kier alpha value is -1.55. The number of hydrogen-bond donors (Lipinski definition) is 2. The van der Waals surface area contributed by atoms with Crippen LogP contribution in [0.15, 0.2) is 24.3 Å². The largest absolute Gasteiger partial charge is 0.480 e. The van der Waals surface area contributed by atoms with E-state index in [2.05, 4.69) is 5.32 Å². The lowest BCUT2D eigenvalue weighted by molar-refractivity contribution is -0.143. The van der Waals surface area contributed by atoms with Gasteiger partial charge in [0.25, 0.3) is 0 Å². The molecule has 4 nitrogen and oxygen atoms in total. The van der Waals surface area contributed by atoms with Crippen LogP contribution in [0.2, 0.25) is 5.02 Å². The van der Waals surface area contributed by atoms with Crippen molar-refractivity contribution in [3.05, 3.63) is 34.9 Å². The number of carboxylic acid groups (broad SMARTS) is 1. The van der Waals surface area contributed by atoms with Gasteiger partial charge in [-0.05, 0) is 37.5 Å². The summed E-state index contributed by atoms with van der Waals surface area (Å²) in [7, 11) is 0. The number of halogens is 1. The Bertz CT molecular complexity index is 511. The molecule has 2 N–H and O–H groups in total. The highest BCUT2D eigenvalue weighted by atomic mass is 35.5. The van der Waals surface area contributed by atoms with Gasteiger partial charge in [0, 0.05) is 5.02 Å². The van der Waals surface area contributed by atoms with Crippen molar-refractivity contribution >= 4 is 23.5 Å². The SMILES string of the molecule is C[C@H](NC(=O)C1(c2cccc(Cl)c2)CCC1)C(=O)O. The number of carbonyl (C=O) groups excluding carboxylic acids is 1. The summed E-state index contributed by atoms with van der Waals surface area (Å²) < 4.78 is 0. The van der Waals surface area contributed by atoms with Crippen molar-refractivity contribution in [3.8, 4) is 0 Å². The number of amides is 1. The van der Waals surface area contributed by atoms with Crippen molar-refractivity contribution in [3.63, 3.8) is 0 Å². The maximum atomic E-state index is 12.4. The molecular weight excluding hydrogens is 266 g/mol. The van der Waals surface area contributed by atoms with E-state index in [1.807, 2.05) is 12.1 Å². The van der Waals surface area contributed by atoms with E-state index in [4.69, 9.17) is 16.7 Å². The fourth-order valence-corrected chi connectivity index (χ4v) is 2.55. The van der Waals surface area contributed by atoms with Gasteiger partial charge in [0.1, 0.15) is 6.04 Å². The van der Waals surface area contributed by atoms with Crippen LogP contribution in [0.5, 0.6) is 0 Å². The first-order valence-electron chi connectivity index (χ1n) is 6.25. The first-order valence-corrected chi connectivity index (χ1v) is 6.63. The van der Waals surface area contributed by atoms with E-state index >= 15 is 0 Å². The maximum Gasteiger partial charge on any atom is 0.325 e. The summed E-state index contributed by atoms with van der Waals surface area (Å²) in [5, 5.41) is 12.0. The van der Waals surface area contributed by atoms with Crippen LogP contribution in [-0.4, -0.2) is 23.0 Å². The molecule has 0 heterocycles. The molecule has 1 atom stereocenters. The van der Waals surface area contributed by atoms with Gasteiger partial charge in [0.2, 0.25) is 5.91 Å². The first kappa shape index (κ1) is 13.9. The topological polar surface area (TPSA) is 66.4 Å². The fourth-order valence-electron chi connectivity index (χ4n) is 2.36. The molecule has 2 rings (SSSR count). The summed E-state index contributed by atoms with van der Waals surface area (Å²) in [6, 6.07) is 6.34. The van der Waals surface area contributed by atoms with Crippen molar-refractivity contribution in [2.24, 2.45) is 0 Å². The van der Waals surface area contributed by atoms with Crippen molar-refractivity contribution in [1.82, 2.24) is 5.32 Å². The van der Waals surface area contributed by atoms with E-state index in [0.717, 1.165) is 24.8 Å². The number of carboxylic acids is 1.